The number of aryl methyl sites for hydroxylation is 2. The van der Waals surface area contributed by atoms with Gasteiger partial charge in [-0.2, -0.15) is 0 Å². The van der Waals surface area contributed by atoms with Crippen molar-refractivity contribution in [3.63, 3.8) is 0 Å². The highest BCUT2D eigenvalue weighted by Crippen LogP contribution is 2.29. The molecule has 1 aromatic carbocycles. The van der Waals surface area contributed by atoms with Crippen LogP contribution >= 0.6 is 0 Å². The number of nitrogen functional groups attached to an aromatic ring is 1. The minimum Gasteiger partial charge on any atom is -0.481 e. The Morgan fingerprint density at radius 2 is 1.76 bits per heavy atom. The molecule has 3 N–H and O–H groups in total. The van der Waals surface area contributed by atoms with E-state index >= 15 is 0 Å². The van der Waals surface area contributed by atoms with E-state index in [0.717, 1.165) is 105 Å². The molecular formula is C26H39N5O2. The fraction of sp³-hybridized carbons (Fsp3) is 0.577. The number of nitrogens with two attached hydrogens (primary N) is 1. The molecule has 0 atom stereocenters. The Bertz CT molecular complexity index is 1050. The molecule has 0 aliphatic heterocycles. The molecule has 0 radical (unpaired) electrons. The molecule has 0 amide bonds. The maximum Gasteiger partial charge on any atom is 0.303 e. The highest BCUT2D eigenvalue weighted by atomic mass is 16.4. The molecule has 33 heavy (non-hydrogen) atoms. The van der Waals surface area contributed by atoms with Crippen LogP contribution in [0, 0.1) is 0 Å². The molecule has 3 aromatic rings. The number of carboxylic acid groups (broad SMARTS) is 1. The summed E-state index contributed by atoms with van der Waals surface area (Å²) >= 11 is 0. The second-order valence-corrected chi connectivity index (χ2v) is 9.06. The van der Waals surface area contributed by atoms with E-state index in [0.29, 0.717) is 5.82 Å². The summed E-state index contributed by atoms with van der Waals surface area (Å²) in [7, 11) is 2.18. The van der Waals surface area contributed by atoms with E-state index in [1.807, 2.05) is 12.1 Å². The number of para-hydroxylation sites is 1. The van der Waals surface area contributed by atoms with Gasteiger partial charge in [0.05, 0.1) is 11.0 Å². The van der Waals surface area contributed by atoms with Crippen molar-refractivity contribution in [1.82, 2.24) is 19.4 Å². The molecule has 0 saturated carbocycles. The summed E-state index contributed by atoms with van der Waals surface area (Å²) in [5, 5.41) is 9.83. The highest BCUT2D eigenvalue weighted by Gasteiger charge is 2.16. The zero-order valence-electron chi connectivity index (χ0n) is 20.2. The second kappa shape index (κ2) is 12.5. The monoisotopic (exact) mass is 453 g/mol. The Labute approximate surface area is 197 Å². The van der Waals surface area contributed by atoms with E-state index in [9.17, 15) is 4.79 Å². The third-order valence-electron chi connectivity index (χ3n) is 6.30. The highest BCUT2D eigenvalue weighted by molar-refractivity contribution is 6.06. The fourth-order valence-electron chi connectivity index (χ4n) is 4.45. The van der Waals surface area contributed by atoms with Crippen LogP contribution in [0.3, 0.4) is 0 Å². The first-order chi connectivity index (χ1) is 16.0. The van der Waals surface area contributed by atoms with Crippen molar-refractivity contribution in [2.24, 2.45) is 0 Å². The number of unbranched alkanes of at least 4 members (excludes halogenated alkanes) is 5. The number of aliphatic carboxylic acids is 1. The van der Waals surface area contributed by atoms with Crippen LogP contribution in [0.2, 0.25) is 0 Å². The Kier molecular flexibility index (Phi) is 9.48. The lowest BCUT2D eigenvalue weighted by atomic mass is 10.1. The first-order valence-electron chi connectivity index (χ1n) is 12.4. The quantitative estimate of drug-likeness (QED) is 0.305. The zero-order chi connectivity index (χ0) is 23.6. The molecule has 0 aliphatic carbocycles. The summed E-state index contributed by atoms with van der Waals surface area (Å²) in [6.07, 6.45) is 9.72. The van der Waals surface area contributed by atoms with Crippen LogP contribution in [-0.4, -0.2) is 50.6 Å². The summed E-state index contributed by atoms with van der Waals surface area (Å²) in [5.41, 5.74) is 9.18. The van der Waals surface area contributed by atoms with Crippen LogP contribution in [-0.2, 0) is 17.8 Å². The van der Waals surface area contributed by atoms with Gasteiger partial charge >= 0.3 is 5.97 Å². The van der Waals surface area contributed by atoms with Gasteiger partial charge in [0.1, 0.15) is 11.3 Å². The van der Waals surface area contributed by atoms with Crippen LogP contribution < -0.4 is 5.73 Å². The van der Waals surface area contributed by atoms with Gasteiger partial charge in [0, 0.05) is 24.8 Å². The van der Waals surface area contributed by atoms with Gasteiger partial charge in [0.25, 0.3) is 0 Å². The molecule has 0 unspecified atom stereocenters. The zero-order valence-corrected chi connectivity index (χ0v) is 20.2. The van der Waals surface area contributed by atoms with Gasteiger partial charge in [-0.25, -0.2) is 9.97 Å². The maximum absolute atomic E-state index is 10.6. The van der Waals surface area contributed by atoms with Crippen molar-refractivity contribution < 1.29 is 9.90 Å². The van der Waals surface area contributed by atoms with Crippen LogP contribution in [0.1, 0.15) is 70.5 Å². The van der Waals surface area contributed by atoms with Crippen molar-refractivity contribution in [3.05, 3.63) is 30.1 Å². The number of rotatable bonds is 15. The van der Waals surface area contributed by atoms with Crippen LogP contribution in [0.15, 0.2) is 24.3 Å². The number of benzene rings is 1. The van der Waals surface area contributed by atoms with Gasteiger partial charge in [0.2, 0.25) is 0 Å². The van der Waals surface area contributed by atoms with E-state index < -0.39 is 5.97 Å². The van der Waals surface area contributed by atoms with E-state index in [2.05, 4.69) is 40.6 Å². The molecule has 180 valence electrons. The van der Waals surface area contributed by atoms with Crippen LogP contribution in [0.5, 0.6) is 0 Å². The minimum absolute atomic E-state index is 0.288. The number of anilines is 1. The lowest BCUT2D eigenvalue weighted by Gasteiger charge is -2.17. The number of imidazole rings is 1. The number of carbonyl (C=O) groups is 1. The molecule has 7 heteroatoms. The minimum atomic E-state index is -0.692. The van der Waals surface area contributed by atoms with Gasteiger partial charge in [0.15, 0.2) is 5.82 Å². The van der Waals surface area contributed by atoms with Gasteiger partial charge in [-0.15, -0.1) is 0 Å². The third kappa shape index (κ3) is 6.90. The third-order valence-corrected chi connectivity index (χ3v) is 6.30. The first kappa shape index (κ1) is 25.0. The summed E-state index contributed by atoms with van der Waals surface area (Å²) in [4.78, 5) is 22.5. The number of fused-ring (bicyclic) bond motifs is 3. The lowest BCUT2D eigenvalue weighted by Crippen LogP contribution is -2.21. The summed E-state index contributed by atoms with van der Waals surface area (Å²) in [6.45, 7) is 5.28. The smallest absolute Gasteiger partial charge is 0.303 e. The average Bonchev–Trinajstić information content (AvgIpc) is 3.16. The van der Waals surface area contributed by atoms with Crippen molar-refractivity contribution in [2.45, 2.75) is 77.7 Å². The molecule has 0 spiro atoms. The predicted octanol–water partition coefficient (Wildman–Crippen LogP) is 5.26. The summed E-state index contributed by atoms with van der Waals surface area (Å²) < 4.78 is 2.38. The van der Waals surface area contributed by atoms with Gasteiger partial charge in [-0.05, 0) is 58.3 Å². The van der Waals surface area contributed by atoms with E-state index in [1.54, 1.807) is 0 Å². The topological polar surface area (TPSA) is 97.3 Å². The molecule has 0 aliphatic rings. The van der Waals surface area contributed by atoms with Gasteiger partial charge in [-0.3, -0.25) is 4.79 Å². The van der Waals surface area contributed by atoms with Crippen molar-refractivity contribution in [1.29, 1.82) is 0 Å². The Balaban J connectivity index is 1.58. The van der Waals surface area contributed by atoms with E-state index in [-0.39, 0.29) is 6.42 Å². The van der Waals surface area contributed by atoms with Gasteiger partial charge in [-0.1, -0.05) is 44.4 Å². The van der Waals surface area contributed by atoms with Gasteiger partial charge < -0.3 is 20.3 Å². The largest absolute Gasteiger partial charge is 0.481 e. The van der Waals surface area contributed by atoms with Crippen molar-refractivity contribution >= 4 is 33.7 Å². The molecule has 0 bridgehead atoms. The second-order valence-electron chi connectivity index (χ2n) is 9.06. The molecule has 7 nitrogen and oxygen atoms in total. The number of carboxylic acids is 1. The SMILES string of the molecule is CCCCc1nc2c(N)nc3ccccc3c2n1CCCCN(C)CCCCCCC(=O)O. The normalized spacial score (nSPS) is 11.7. The number of hydrogen-bond donors (Lipinski definition) is 2. The molecule has 0 fully saturated rings. The number of nitrogens with zero attached hydrogens (tertiary/aromatic N) is 4. The van der Waals surface area contributed by atoms with E-state index in [1.165, 1.54) is 0 Å². The maximum atomic E-state index is 10.6. The predicted molar refractivity (Wildman–Crippen MR) is 136 cm³/mol. The van der Waals surface area contributed by atoms with Crippen LogP contribution in [0.4, 0.5) is 5.82 Å². The Morgan fingerprint density at radius 3 is 2.52 bits per heavy atom. The Morgan fingerprint density at radius 1 is 1.03 bits per heavy atom. The summed E-state index contributed by atoms with van der Waals surface area (Å²) in [6, 6.07) is 8.20. The number of hydrogen-bond acceptors (Lipinski definition) is 5. The molecule has 3 rings (SSSR count). The lowest BCUT2D eigenvalue weighted by molar-refractivity contribution is -0.137. The van der Waals surface area contributed by atoms with E-state index in [4.69, 9.17) is 15.8 Å². The first-order valence-corrected chi connectivity index (χ1v) is 12.4. The molecule has 2 heterocycles. The Hall–Kier alpha value is -2.67. The number of aromatic nitrogens is 3. The summed E-state index contributed by atoms with van der Waals surface area (Å²) in [5.74, 6) is 0.942. The average molecular weight is 454 g/mol. The van der Waals surface area contributed by atoms with Crippen LogP contribution in [0.25, 0.3) is 21.9 Å². The van der Waals surface area contributed by atoms with Crippen molar-refractivity contribution in [2.75, 3.05) is 25.9 Å². The fourth-order valence-corrected chi connectivity index (χ4v) is 4.45. The number of pyridine rings is 1. The standard InChI is InChI=1S/C26H39N5O2/c1-3-4-15-22-29-24-25(20-13-8-9-14-21(20)28-26(24)27)31(22)19-12-11-18-30(2)17-10-6-5-7-16-23(32)33/h8-9,13-14H,3-7,10-12,15-19H2,1-2H3,(H2,27,28)(H,32,33). The molecule has 0 saturated heterocycles. The molecular weight excluding hydrogens is 414 g/mol. The van der Waals surface area contributed by atoms with Crippen molar-refractivity contribution in [3.8, 4) is 0 Å². The molecule has 2 aromatic heterocycles.